The summed E-state index contributed by atoms with van der Waals surface area (Å²) in [6.07, 6.45) is 0.539. The van der Waals surface area contributed by atoms with Crippen molar-refractivity contribution in [3.8, 4) is 11.5 Å². The molecule has 0 saturated heterocycles. The topological polar surface area (TPSA) is 130 Å². The minimum Gasteiger partial charge on any atom is -0.497 e. The summed E-state index contributed by atoms with van der Waals surface area (Å²) < 4.78 is 20.9. The lowest BCUT2D eigenvalue weighted by molar-refractivity contribution is -0.116. The Morgan fingerprint density at radius 3 is 2.34 bits per heavy atom. The molecule has 1 aromatic heterocycles. The Morgan fingerprint density at radius 1 is 1.10 bits per heavy atom. The number of nitrogens with two attached hydrogens (primary N) is 1. The van der Waals surface area contributed by atoms with Gasteiger partial charge < -0.3 is 24.4 Å². The van der Waals surface area contributed by atoms with Gasteiger partial charge >= 0.3 is 5.97 Å². The maximum Gasteiger partial charge on any atom is 0.342 e. The zero-order valence-corrected chi connectivity index (χ0v) is 16.6. The number of primary amides is 1. The number of anilines is 1. The maximum atomic E-state index is 12.2. The van der Waals surface area contributed by atoms with Gasteiger partial charge in [0, 0.05) is 6.42 Å². The number of esters is 1. The lowest BCUT2D eigenvalue weighted by Crippen LogP contribution is -2.20. The highest BCUT2D eigenvalue weighted by molar-refractivity contribution is 6.10. The number of amides is 2. The van der Waals surface area contributed by atoms with Crippen molar-refractivity contribution in [3.63, 3.8) is 0 Å². The summed E-state index contributed by atoms with van der Waals surface area (Å²) in [6.45, 7) is 3.55. The zero-order valence-electron chi connectivity index (χ0n) is 16.6. The van der Waals surface area contributed by atoms with Gasteiger partial charge in [-0.1, -0.05) is 0 Å². The third-order valence-corrected chi connectivity index (χ3v) is 3.94. The number of methoxy groups -OCH3 is 1. The Labute approximate surface area is 168 Å². The number of carbonyl (C=O) groups is 3. The summed E-state index contributed by atoms with van der Waals surface area (Å²) in [4.78, 5) is 36.0. The molecule has 0 saturated carbocycles. The first-order valence-electron chi connectivity index (χ1n) is 9.04. The van der Waals surface area contributed by atoms with E-state index in [2.05, 4.69) is 5.32 Å². The van der Waals surface area contributed by atoms with Gasteiger partial charge in [-0.3, -0.25) is 14.9 Å². The van der Waals surface area contributed by atoms with Crippen molar-refractivity contribution in [1.29, 1.82) is 0 Å². The molecule has 9 nitrogen and oxygen atoms in total. The van der Waals surface area contributed by atoms with E-state index in [-0.39, 0.29) is 35.8 Å². The molecule has 2 aromatic rings. The molecule has 0 radical (unpaired) electrons. The first-order valence-corrected chi connectivity index (χ1v) is 9.04. The van der Waals surface area contributed by atoms with Gasteiger partial charge in [-0.15, -0.1) is 0 Å². The van der Waals surface area contributed by atoms with E-state index in [0.717, 1.165) is 5.75 Å². The van der Waals surface area contributed by atoms with Gasteiger partial charge in [0.1, 0.15) is 28.4 Å². The van der Waals surface area contributed by atoms with Crippen molar-refractivity contribution in [2.45, 2.75) is 26.7 Å². The fraction of sp³-hybridized carbons (Fsp3) is 0.350. The van der Waals surface area contributed by atoms with Crippen molar-refractivity contribution < 1.29 is 33.0 Å². The molecule has 0 atom stereocenters. The van der Waals surface area contributed by atoms with E-state index in [0.29, 0.717) is 18.8 Å². The highest BCUT2D eigenvalue weighted by Gasteiger charge is 2.28. The van der Waals surface area contributed by atoms with Gasteiger partial charge in [-0.2, -0.15) is 0 Å². The molecule has 1 heterocycles. The van der Waals surface area contributed by atoms with E-state index in [9.17, 15) is 14.4 Å². The van der Waals surface area contributed by atoms with E-state index in [1.807, 2.05) is 0 Å². The van der Waals surface area contributed by atoms with Crippen LogP contribution in [0.25, 0.3) is 0 Å². The van der Waals surface area contributed by atoms with Crippen molar-refractivity contribution >= 4 is 23.7 Å². The average molecular weight is 404 g/mol. The molecule has 156 valence electrons. The molecule has 0 spiro atoms. The van der Waals surface area contributed by atoms with E-state index in [4.69, 9.17) is 24.4 Å². The van der Waals surface area contributed by atoms with Crippen LogP contribution in [0.3, 0.4) is 0 Å². The number of ether oxygens (including phenoxy) is 3. The SMILES string of the molecule is CCOC(=O)c1c(C)oc(NC(=O)CCCOc2ccc(OC)cc2)c1C(N)=O. The Bertz CT molecular complexity index is 872. The van der Waals surface area contributed by atoms with Gasteiger partial charge in [0.05, 0.1) is 20.3 Å². The van der Waals surface area contributed by atoms with Crippen molar-refractivity contribution in [3.05, 3.63) is 41.2 Å². The molecule has 1 aromatic carbocycles. The van der Waals surface area contributed by atoms with Crippen LogP contribution in [0.1, 0.15) is 46.2 Å². The molecule has 3 N–H and O–H groups in total. The Kier molecular flexibility index (Phi) is 7.64. The van der Waals surface area contributed by atoms with E-state index < -0.39 is 17.8 Å². The fourth-order valence-corrected chi connectivity index (χ4v) is 2.60. The molecule has 2 amide bonds. The van der Waals surface area contributed by atoms with Gasteiger partial charge in [-0.25, -0.2) is 4.79 Å². The van der Waals surface area contributed by atoms with Crippen LogP contribution < -0.4 is 20.5 Å². The average Bonchev–Trinajstić information content (AvgIpc) is 3.01. The number of furan rings is 1. The summed E-state index contributed by atoms with van der Waals surface area (Å²) >= 11 is 0. The highest BCUT2D eigenvalue weighted by atomic mass is 16.5. The molecular weight excluding hydrogens is 380 g/mol. The smallest absolute Gasteiger partial charge is 0.342 e. The van der Waals surface area contributed by atoms with Crippen LogP contribution in [0.5, 0.6) is 11.5 Å². The Hall–Kier alpha value is -3.49. The van der Waals surface area contributed by atoms with Crippen molar-refractivity contribution in [2.75, 3.05) is 25.6 Å². The second-order valence-electron chi connectivity index (χ2n) is 6.00. The van der Waals surface area contributed by atoms with Crippen LogP contribution in [0.2, 0.25) is 0 Å². The standard InChI is InChI=1S/C20H24N2O7/c1-4-27-20(25)16-12(2)29-19(17(16)18(21)24)22-15(23)6-5-11-28-14-9-7-13(26-3)8-10-14/h7-10H,4-6,11H2,1-3H3,(H2,21,24)(H,22,23). The number of rotatable bonds is 10. The van der Waals surface area contributed by atoms with E-state index in [1.165, 1.54) is 6.92 Å². The van der Waals surface area contributed by atoms with Crippen LogP contribution in [-0.2, 0) is 9.53 Å². The minimum absolute atomic E-state index is 0.0857. The van der Waals surface area contributed by atoms with Crippen molar-refractivity contribution in [2.24, 2.45) is 5.73 Å². The molecule has 0 aliphatic rings. The second-order valence-corrected chi connectivity index (χ2v) is 6.00. The normalized spacial score (nSPS) is 10.3. The molecule has 0 bridgehead atoms. The monoisotopic (exact) mass is 404 g/mol. The largest absolute Gasteiger partial charge is 0.497 e. The Balaban J connectivity index is 1.93. The molecule has 0 unspecified atom stereocenters. The fourth-order valence-electron chi connectivity index (χ4n) is 2.60. The number of carbonyl (C=O) groups excluding carboxylic acids is 3. The van der Waals surface area contributed by atoms with Gasteiger partial charge in [0.25, 0.3) is 5.91 Å². The molecule has 0 aliphatic carbocycles. The van der Waals surface area contributed by atoms with Crippen LogP contribution in [-0.4, -0.2) is 38.1 Å². The van der Waals surface area contributed by atoms with Gasteiger partial charge in [0.2, 0.25) is 11.8 Å². The lowest BCUT2D eigenvalue weighted by Gasteiger charge is -2.07. The minimum atomic E-state index is -0.900. The van der Waals surface area contributed by atoms with Crippen LogP contribution >= 0.6 is 0 Å². The first-order chi connectivity index (χ1) is 13.9. The summed E-state index contributed by atoms with van der Waals surface area (Å²) in [7, 11) is 1.58. The van der Waals surface area contributed by atoms with Crippen LogP contribution in [0.4, 0.5) is 5.88 Å². The number of nitrogens with one attached hydrogen (secondary N) is 1. The Morgan fingerprint density at radius 2 is 1.76 bits per heavy atom. The summed E-state index contributed by atoms with van der Waals surface area (Å²) in [5.74, 6) is -0.704. The van der Waals surface area contributed by atoms with Gasteiger partial charge in [-0.05, 0) is 44.5 Å². The quantitative estimate of drug-likeness (QED) is 0.460. The summed E-state index contributed by atoms with van der Waals surface area (Å²) in [5, 5.41) is 2.48. The van der Waals surface area contributed by atoms with Crippen LogP contribution in [0.15, 0.2) is 28.7 Å². The number of benzene rings is 1. The zero-order chi connectivity index (χ0) is 21.4. The molecule has 0 fully saturated rings. The predicted molar refractivity (Wildman–Crippen MR) is 104 cm³/mol. The van der Waals surface area contributed by atoms with Crippen molar-refractivity contribution in [1.82, 2.24) is 0 Å². The molecular formula is C20H24N2O7. The van der Waals surface area contributed by atoms with Gasteiger partial charge in [0.15, 0.2) is 0 Å². The number of aryl methyl sites for hydroxylation is 1. The number of hydrogen-bond donors (Lipinski definition) is 2. The second kappa shape index (κ2) is 10.2. The molecule has 29 heavy (non-hydrogen) atoms. The third-order valence-electron chi connectivity index (χ3n) is 3.94. The number of hydrogen-bond acceptors (Lipinski definition) is 7. The lowest BCUT2D eigenvalue weighted by atomic mass is 10.1. The van der Waals surface area contributed by atoms with E-state index in [1.54, 1.807) is 38.3 Å². The molecule has 9 heteroatoms. The maximum absolute atomic E-state index is 12.2. The van der Waals surface area contributed by atoms with E-state index >= 15 is 0 Å². The third kappa shape index (κ3) is 5.74. The summed E-state index contributed by atoms with van der Waals surface area (Å²) in [6, 6.07) is 7.07. The molecule has 2 rings (SSSR count). The highest BCUT2D eigenvalue weighted by Crippen LogP contribution is 2.28. The summed E-state index contributed by atoms with van der Waals surface area (Å²) in [5.41, 5.74) is 5.07. The predicted octanol–water partition coefficient (Wildman–Crippen LogP) is 2.67. The van der Waals surface area contributed by atoms with Crippen LogP contribution in [0, 0.1) is 6.92 Å². The first kappa shape index (κ1) is 21.8. The molecule has 0 aliphatic heterocycles.